The molecule has 96 valence electrons. The first kappa shape index (κ1) is 14.3. The second kappa shape index (κ2) is 6.24. The van der Waals surface area contributed by atoms with Gasteiger partial charge in [-0.2, -0.15) is 0 Å². The summed E-state index contributed by atoms with van der Waals surface area (Å²) in [6, 6.07) is 5.53. The largest absolute Gasteiger partial charge is 0.496 e. The van der Waals surface area contributed by atoms with Gasteiger partial charge in [-0.05, 0) is 31.5 Å². The van der Waals surface area contributed by atoms with Gasteiger partial charge in [-0.25, -0.2) is 0 Å². The Labute approximate surface area is 108 Å². The van der Waals surface area contributed by atoms with Crippen molar-refractivity contribution < 1.29 is 9.84 Å². The van der Waals surface area contributed by atoms with Crippen LogP contribution in [0, 0.1) is 0 Å². The summed E-state index contributed by atoms with van der Waals surface area (Å²) in [6.07, 6.45) is 0.854. The van der Waals surface area contributed by atoms with Crippen LogP contribution in [0.4, 0.5) is 0 Å². The van der Waals surface area contributed by atoms with Crippen LogP contribution in [0.15, 0.2) is 18.2 Å². The fourth-order valence-corrected chi connectivity index (χ4v) is 1.68. The molecule has 0 saturated heterocycles. The van der Waals surface area contributed by atoms with Crippen LogP contribution < -0.4 is 10.1 Å². The lowest BCUT2D eigenvalue weighted by atomic mass is 10.00. The van der Waals surface area contributed by atoms with E-state index in [1.165, 1.54) is 0 Å². The number of hydrogen-bond acceptors (Lipinski definition) is 3. The quantitative estimate of drug-likeness (QED) is 0.823. The van der Waals surface area contributed by atoms with E-state index in [9.17, 15) is 5.11 Å². The van der Waals surface area contributed by atoms with E-state index in [4.69, 9.17) is 16.3 Å². The Morgan fingerprint density at radius 2 is 2.18 bits per heavy atom. The Morgan fingerprint density at radius 1 is 1.47 bits per heavy atom. The van der Waals surface area contributed by atoms with E-state index in [0.29, 0.717) is 11.6 Å². The average Bonchev–Trinajstić information content (AvgIpc) is 2.36. The number of nitrogens with one attached hydrogen (secondary N) is 1. The predicted molar refractivity (Wildman–Crippen MR) is 70.6 cm³/mol. The summed E-state index contributed by atoms with van der Waals surface area (Å²) in [7, 11) is 1.64. The molecular formula is C13H20ClNO2. The SMILES string of the molecule is CCC(C)(CO)NCc1cc(Cl)ccc1OC. The van der Waals surface area contributed by atoms with Crippen molar-refractivity contribution in [2.24, 2.45) is 0 Å². The first-order chi connectivity index (χ1) is 8.04. The first-order valence-electron chi connectivity index (χ1n) is 5.73. The number of benzene rings is 1. The van der Waals surface area contributed by atoms with Crippen LogP contribution in [0.3, 0.4) is 0 Å². The molecule has 3 nitrogen and oxygen atoms in total. The topological polar surface area (TPSA) is 41.5 Å². The van der Waals surface area contributed by atoms with E-state index in [0.717, 1.165) is 17.7 Å². The summed E-state index contributed by atoms with van der Waals surface area (Å²) < 4.78 is 5.27. The Bertz CT molecular complexity index is 364. The molecular weight excluding hydrogens is 238 g/mol. The van der Waals surface area contributed by atoms with E-state index < -0.39 is 0 Å². The van der Waals surface area contributed by atoms with Crippen molar-refractivity contribution in [3.8, 4) is 5.75 Å². The monoisotopic (exact) mass is 257 g/mol. The lowest BCUT2D eigenvalue weighted by molar-refractivity contribution is 0.168. The molecule has 0 amide bonds. The van der Waals surface area contributed by atoms with E-state index in [1.807, 2.05) is 26.0 Å². The minimum absolute atomic E-state index is 0.104. The van der Waals surface area contributed by atoms with Gasteiger partial charge in [-0.15, -0.1) is 0 Å². The maximum Gasteiger partial charge on any atom is 0.123 e. The van der Waals surface area contributed by atoms with Crippen molar-refractivity contribution in [2.75, 3.05) is 13.7 Å². The number of ether oxygens (including phenoxy) is 1. The molecule has 1 aromatic carbocycles. The van der Waals surface area contributed by atoms with Crippen LogP contribution in [0.2, 0.25) is 5.02 Å². The lowest BCUT2D eigenvalue weighted by Crippen LogP contribution is -2.44. The van der Waals surface area contributed by atoms with Crippen molar-refractivity contribution in [3.63, 3.8) is 0 Å². The Hall–Kier alpha value is -0.770. The molecule has 0 radical (unpaired) electrons. The number of methoxy groups -OCH3 is 1. The van der Waals surface area contributed by atoms with Gasteiger partial charge in [0.2, 0.25) is 0 Å². The van der Waals surface area contributed by atoms with Crippen LogP contribution in [-0.2, 0) is 6.54 Å². The summed E-state index contributed by atoms with van der Waals surface area (Å²) in [4.78, 5) is 0. The van der Waals surface area contributed by atoms with Crippen molar-refractivity contribution in [1.29, 1.82) is 0 Å². The molecule has 17 heavy (non-hydrogen) atoms. The summed E-state index contributed by atoms with van der Waals surface area (Å²) in [5.41, 5.74) is 0.723. The highest BCUT2D eigenvalue weighted by Crippen LogP contribution is 2.23. The van der Waals surface area contributed by atoms with Crippen LogP contribution in [0.1, 0.15) is 25.8 Å². The van der Waals surface area contributed by atoms with Crippen molar-refractivity contribution >= 4 is 11.6 Å². The van der Waals surface area contributed by atoms with Crippen LogP contribution in [0.25, 0.3) is 0 Å². The molecule has 0 aliphatic carbocycles. The number of rotatable bonds is 6. The number of halogens is 1. The molecule has 2 N–H and O–H groups in total. The van der Waals surface area contributed by atoms with Gasteiger partial charge in [-0.1, -0.05) is 18.5 Å². The molecule has 0 spiro atoms. The summed E-state index contributed by atoms with van der Waals surface area (Å²) in [6.45, 7) is 4.75. The summed E-state index contributed by atoms with van der Waals surface area (Å²) >= 11 is 5.96. The molecule has 0 aliphatic heterocycles. The fourth-order valence-electron chi connectivity index (χ4n) is 1.49. The van der Waals surface area contributed by atoms with Gasteiger partial charge in [0, 0.05) is 22.7 Å². The molecule has 0 bridgehead atoms. The number of aliphatic hydroxyl groups excluding tert-OH is 1. The maximum atomic E-state index is 9.32. The highest BCUT2D eigenvalue weighted by molar-refractivity contribution is 6.30. The third-order valence-corrected chi connectivity index (χ3v) is 3.31. The molecule has 0 aromatic heterocycles. The van der Waals surface area contributed by atoms with Gasteiger partial charge in [0.05, 0.1) is 13.7 Å². The van der Waals surface area contributed by atoms with Gasteiger partial charge in [0.25, 0.3) is 0 Å². The molecule has 0 aliphatic rings. The molecule has 1 unspecified atom stereocenters. The van der Waals surface area contributed by atoms with Crippen LogP contribution in [-0.4, -0.2) is 24.4 Å². The Kier molecular flexibility index (Phi) is 5.25. The zero-order valence-electron chi connectivity index (χ0n) is 10.6. The zero-order valence-corrected chi connectivity index (χ0v) is 11.3. The highest BCUT2D eigenvalue weighted by atomic mass is 35.5. The second-order valence-electron chi connectivity index (χ2n) is 4.38. The highest BCUT2D eigenvalue weighted by Gasteiger charge is 2.20. The summed E-state index contributed by atoms with van der Waals surface area (Å²) in [5.74, 6) is 0.804. The number of aliphatic hydroxyl groups is 1. The molecule has 1 atom stereocenters. The third kappa shape index (κ3) is 3.87. The Balaban J connectivity index is 2.77. The standard InChI is InChI=1S/C13H20ClNO2/c1-4-13(2,9-16)15-8-10-7-11(14)5-6-12(10)17-3/h5-7,15-16H,4,8-9H2,1-3H3. The first-order valence-corrected chi connectivity index (χ1v) is 6.10. The minimum atomic E-state index is -0.271. The van der Waals surface area contributed by atoms with Gasteiger partial charge in [-0.3, -0.25) is 0 Å². The van der Waals surface area contributed by atoms with Gasteiger partial charge in [0.15, 0.2) is 0 Å². The van der Waals surface area contributed by atoms with Crippen LogP contribution >= 0.6 is 11.6 Å². The van der Waals surface area contributed by atoms with Crippen molar-refractivity contribution in [2.45, 2.75) is 32.4 Å². The molecule has 4 heteroatoms. The predicted octanol–water partition coefficient (Wildman–Crippen LogP) is 2.60. The van der Waals surface area contributed by atoms with E-state index in [2.05, 4.69) is 5.32 Å². The molecule has 0 heterocycles. The van der Waals surface area contributed by atoms with E-state index in [-0.39, 0.29) is 12.1 Å². The van der Waals surface area contributed by atoms with Gasteiger partial charge < -0.3 is 15.2 Å². The zero-order chi connectivity index (χ0) is 12.9. The average molecular weight is 258 g/mol. The minimum Gasteiger partial charge on any atom is -0.496 e. The molecule has 1 aromatic rings. The van der Waals surface area contributed by atoms with Gasteiger partial charge >= 0.3 is 0 Å². The van der Waals surface area contributed by atoms with E-state index in [1.54, 1.807) is 13.2 Å². The van der Waals surface area contributed by atoms with Crippen molar-refractivity contribution in [1.82, 2.24) is 5.32 Å². The molecule has 1 rings (SSSR count). The van der Waals surface area contributed by atoms with E-state index >= 15 is 0 Å². The van der Waals surface area contributed by atoms with Gasteiger partial charge in [0.1, 0.15) is 5.75 Å². The number of hydrogen-bond donors (Lipinski definition) is 2. The Morgan fingerprint density at radius 3 is 2.71 bits per heavy atom. The molecule has 0 fully saturated rings. The fraction of sp³-hybridized carbons (Fsp3) is 0.538. The second-order valence-corrected chi connectivity index (χ2v) is 4.82. The normalized spacial score (nSPS) is 14.4. The smallest absolute Gasteiger partial charge is 0.123 e. The van der Waals surface area contributed by atoms with Crippen molar-refractivity contribution in [3.05, 3.63) is 28.8 Å². The maximum absolute atomic E-state index is 9.32. The molecule has 0 saturated carbocycles. The lowest BCUT2D eigenvalue weighted by Gasteiger charge is -2.27. The summed E-state index contributed by atoms with van der Waals surface area (Å²) in [5, 5.41) is 13.3. The third-order valence-electron chi connectivity index (χ3n) is 3.08. The van der Waals surface area contributed by atoms with Crippen LogP contribution in [0.5, 0.6) is 5.75 Å².